The normalized spacial score (nSPS) is 24.7. The van der Waals surface area contributed by atoms with Gasteiger partial charge in [0.2, 0.25) is 0 Å². The molecule has 4 nitrogen and oxygen atoms in total. The van der Waals surface area contributed by atoms with Crippen LogP contribution in [0.1, 0.15) is 38.5 Å². The van der Waals surface area contributed by atoms with Crippen molar-refractivity contribution in [3.63, 3.8) is 0 Å². The van der Waals surface area contributed by atoms with Crippen molar-refractivity contribution in [2.45, 2.75) is 56.7 Å². The molecule has 0 saturated heterocycles. The molecule has 0 bridgehead atoms. The number of hydrogen-bond donors (Lipinski definition) is 2. The average molecular weight is 333 g/mol. The van der Waals surface area contributed by atoms with Crippen LogP contribution in [0.2, 0.25) is 5.02 Å². The zero-order valence-corrected chi connectivity index (χ0v) is 13.7. The van der Waals surface area contributed by atoms with E-state index in [0.29, 0.717) is 22.2 Å². The van der Waals surface area contributed by atoms with Crippen molar-refractivity contribution in [2.24, 2.45) is 0 Å². The SMILES string of the molecule is O=c1[nH]ccc2cc(O[C@H]3CC[C@@H](NC4CC4)CC3)c(Cl)cc12. The zero-order chi connectivity index (χ0) is 15.8. The van der Waals surface area contributed by atoms with E-state index in [4.69, 9.17) is 16.3 Å². The summed E-state index contributed by atoms with van der Waals surface area (Å²) in [6.45, 7) is 0. The van der Waals surface area contributed by atoms with Gasteiger partial charge in [-0.2, -0.15) is 0 Å². The van der Waals surface area contributed by atoms with Crippen LogP contribution in [0.25, 0.3) is 10.8 Å². The quantitative estimate of drug-likeness (QED) is 0.899. The maximum Gasteiger partial charge on any atom is 0.255 e. The van der Waals surface area contributed by atoms with E-state index in [9.17, 15) is 4.79 Å². The van der Waals surface area contributed by atoms with Gasteiger partial charge in [0.15, 0.2) is 0 Å². The van der Waals surface area contributed by atoms with Gasteiger partial charge in [0.05, 0.1) is 11.1 Å². The summed E-state index contributed by atoms with van der Waals surface area (Å²) in [6.07, 6.45) is 8.95. The summed E-state index contributed by atoms with van der Waals surface area (Å²) < 4.78 is 6.13. The van der Waals surface area contributed by atoms with Crippen LogP contribution in [-0.2, 0) is 0 Å². The lowest BCUT2D eigenvalue weighted by Crippen LogP contribution is -2.37. The molecule has 0 amide bonds. The maximum absolute atomic E-state index is 11.8. The molecule has 5 heteroatoms. The second-order valence-electron chi connectivity index (χ2n) is 6.71. The third kappa shape index (κ3) is 3.38. The highest BCUT2D eigenvalue weighted by molar-refractivity contribution is 6.32. The molecule has 23 heavy (non-hydrogen) atoms. The number of ether oxygens (including phenoxy) is 1. The van der Waals surface area contributed by atoms with E-state index in [1.54, 1.807) is 12.3 Å². The Labute approximate surface area is 140 Å². The monoisotopic (exact) mass is 332 g/mol. The third-order valence-electron chi connectivity index (χ3n) is 4.84. The van der Waals surface area contributed by atoms with Crippen molar-refractivity contribution in [1.29, 1.82) is 0 Å². The fourth-order valence-corrected chi connectivity index (χ4v) is 3.60. The van der Waals surface area contributed by atoms with Gasteiger partial charge >= 0.3 is 0 Å². The van der Waals surface area contributed by atoms with Gasteiger partial charge in [0.1, 0.15) is 5.75 Å². The molecule has 2 aliphatic rings. The van der Waals surface area contributed by atoms with E-state index in [-0.39, 0.29) is 11.7 Å². The Morgan fingerprint density at radius 3 is 2.48 bits per heavy atom. The molecule has 0 atom stereocenters. The highest BCUT2D eigenvalue weighted by Gasteiger charge is 2.28. The number of hydrogen-bond acceptors (Lipinski definition) is 3. The van der Waals surface area contributed by atoms with E-state index in [2.05, 4.69) is 10.3 Å². The summed E-state index contributed by atoms with van der Waals surface area (Å²) in [4.78, 5) is 14.5. The molecule has 2 aliphatic carbocycles. The van der Waals surface area contributed by atoms with Gasteiger partial charge in [-0.3, -0.25) is 4.79 Å². The van der Waals surface area contributed by atoms with Crippen molar-refractivity contribution in [3.8, 4) is 5.75 Å². The standard InChI is InChI=1S/C18H21ClN2O2/c19-16-10-15-11(7-8-20-18(15)22)9-17(16)23-14-5-3-13(4-6-14)21-12-1-2-12/h7-10,12-14,21H,1-6H2,(H,20,22)/t13-,14+. The van der Waals surface area contributed by atoms with Crippen molar-refractivity contribution in [3.05, 3.63) is 39.8 Å². The second kappa shape index (κ2) is 6.17. The Kier molecular flexibility index (Phi) is 4.04. The molecule has 1 aromatic carbocycles. The Morgan fingerprint density at radius 2 is 1.78 bits per heavy atom. The number of benzene rings is 1. The first kappa shape index (κ1) is 15.0. The molecular weight excluding hydrogens is 312 g/mol. The second-order valence-corrected chi connectivity index (χ2v) is 7.12. The lowest BCUT2D eigenvalue weighted by Gasteiger charge is -2.30. The van der Waals surface area contributed by atoms with E-state index in [0.717, 1.165) is 37.1 Å². The number of fused-ring (bicyclic) bond motifs is 1. The first-order chi connectivity index (χ1) is 11.2. The van der Waals surface area contributed by atoms with Crippen molar-refractivity contribution in [1.82, 2.24) is 10.3 Å². The Morgan fingerprint density at radius 1 is 1.09 bits per heavy atom. The first-order valence-corrected chi connectivity index (χ1v) is 8.80. The number of nitrogens with one attached hydrogen (secondary N) is 2. The highest BCUT2D eigenvalue weighted by Crippen LogP contribution is 2.32. The molecule has 2 saturated carbocycles. The number of aromatic nitrogens is 1. The smallest absolute Gasteiger partial charge is 0.255 e. The van der Waals surface area contributed by atoms with Crippen molar-refractivity contribution >= 4 is 22.4 Å². The average Bonchev–Trinajstić information content (AvgIpc) is 3.35. The van der Waals surface area contributed by atoms with Crippen molar-refractivity contribution < 1.29 is 4.74 Å². The number of rotatable bonds is 4. The van der Waals surface area contributed by atoms with Crippen LogP contribution < -0.4 is 15.6 Å². The van der Waals surface area contributed by atoms with E-state index >= 15 is 0 Å². The molecule has 0 spiro atoms. The zero-order valence-electron chi connectivity index (χ0n) is 13.0. The van der Waals surface area contributed by atoms with Gasteiger partial charge in [0.25, 0.3) is 5.56 Å². The Bertz CT molecular complexity index is 761. The molecule has 2 fully saturated rings. The summed E-state index contributed by atoms with van der Waals surface area (Å²) in [7, 11) is 0. The van der Waals surface area contributed by atoms with Gasteiger partial charge in [-0.25, -0.2) is 0 Å². The van der Waals surface area contributed by atoms with Gasteiger partial charge in [-0.15, -0.1) is 0 Å². The molecule has 4 rings (SSSR count). The number of pyridine rings is 1. The van der Waals surface area contributed by atoms with Crippen LogP contribution in [0, 0.1) is 0 Å². The van der Waals surface area contributed by atoms with Crippen molar-refractivity contribution in [2.75, 3.05) is 0 Å². The van der Waals surface area contributed by atoms with Crippen LogP contribution in [-0.4, -0.2) is 23.2 Å². The molecule has 0 aliphatic heterocycles. The predicted molar refractivity (Wildman–Crippen MR) is 92.4 cm³/mol. The minimum absolute atomic E-state index is 0.123. The van der Waals surface area contributed by atoms with Gasteiger partial charge < -0.3 is 15.0 Å². The topological polar surface area (TPSA) is 54.1 Å². The molecule has 122 valence electrons. The Balaban J connectivity index is 1.45. The van der Waals surface area contributed by atoms with E-state index in [1.165, 1.54) is 12.8 Å². The fourth-order valence-electron chi connectivity index (χ4n) is 3.39. The molecular formula is C18H21ClN2O2. The number of aromatic amines is 1. The van der Waals surface area contributed by atoms with Gasteiger partial charge in [0, 0.05) is 23.7 Å². The molecule has 2 N–H and O–H groups in total. The van der Waals surface area contributed by atoms with Gasteiger partial charge in [-0.1, -0.05) is 11.6 Å². The minimum Gasteiger partial charge on any atom is -0.489 e. The molecule has 0 unspecified atom stereocenters. The summed E-state index contributed by atoms with van der Waals surface area (Å²) in [5.74, 6) is 0.684. The largest absolute Gasteiger partial charge is 0.489 e. The summed E-state index contributed by atoms with van der Waals surface area (Å²) in [5.41, 5.74) is -0.123. The lowest BCUT2D eigenvalue weighted by atomic mass is 9.93. The molecule has 1 heterocycles. The number of H-pyrrole nitrogens is 1. The maximum atomic E-state index is 11.8. The van der Waals surface area contributed by atoms with Crippen LogP contribution >= 0.6 is 11.6 Å². The summed E-state index contributed by atoms with van der Waals surface area (Å²) in [6, 6.07) is 6.86. The fraction of sp³-hybridized carbons (Fsp3) is 0.500. The Hall–Kier alpha value is -1.52. The predicted octanol–water partition coefficient (Wildman–Crippen LogP) is 3.62. The lowest BCUT2D eigenvalue weighted by molar-refractivity contribution is 0.139. The van der Waals surface area contributed by atoms with Crippen LogP contribution in [0.3, 0.4) is 0 Å². The summed E-state index contributed by atoms with van der Waals surface area (Å²) >= 11 is 6.31. The molecule has 2 aromatic rings. The van der Waals surface area contributed by atoms with Crippen LogP contribution in [0.4, 0.5) is 0 Å². The number of halogens is 1. The van der Waals surface area contributed by atoms with E-state index < -0.39 is 0 Å². The van der Waals surface area contributed by atoms with E-state index in [1.807, 2.05) is 12.1 Å². The highest BCUT2D eigenvalue weighted by atomic mass is 35.5. The first-order valence-electron chi connectivity index (χ1n) is 8.43. The van der Waals surface area contributed by atoms with Crippen LogP contribution in [0.5, 0.6) is 5.75 Å². The molecule has 0 radical (unpaired) electrons. The summed E-state index contributed by atoms with van der Waals surface area (Å²) in [5, 5.41) is 5.66. The third-order valence-corrected chi connectivity index (χ3v) is 5.14. The van der Waals surface area contributed by atoms with Crippen LogP contribution in [0.15, 0.2) is 29.2 Å². The molecule has 1 aromatic heterocycles. The minimum atomic E-state index is -0.123. The van der Waals surface area contributed by atoms with Gasteiger partial charge in [-0.05, 0) is 62.1 Å².